The fourth-order valence-corrected chi connectivity index (χ4v) is 5.54. The van der Waals surface area contributed by atoms with Gasteiger partial charge in [-0.25, -0.2) is 14.2 Å². The van der Waals surface area contributed by atoms with Gasteiger partial charge < -0.3 is 14.6 Å². The molecule has 0 amide bonds. The monoisotopic (exact) mass is 524 g/mol. The molecule has 2 atom stereocenters. The van der Waals surface area contributed by atoms with E-state index in [2.05, 4.69) is 11.8 Å². The molecule has 0 radical (unpaired) electrons. The van der Waals surface area contributed by atoms with Crippen LogP contribution in [-0.4, -0.2) is 45.9 Å². The second kappa shape index (κ2) is 10.4. The van der Waals surface area contributed by atoms with E-state index in [0.29, 0.717) is 22.9 Å². The van der Waals surface area contributed by atoms with Gasteiger partial charge in [-0.3, -0.25) is 4.90 Å². The number of aromatic nitrogens is 1. The van der Waals surface area contributed by atoms with Crippen molar-refractivity contribution >= 4 is 35.6 Å². The number of nitrogens with zero attached hydrogens (tertiary/aromatic N) is 2. The van der Waals surface area contributed by atoms with E-state index in [-0.39, 0.29) is 11.6 Å². The molecule has 0 spiro atoms. The van der Waals surface area contributed by atoms with E-state index in [4.69, 9.17) is 22.1 Å². The van der Waals surface area contributed by atoms with Crippen LogP contribution >= 0.6 is 12.6 Å². The first-order valence-corrected chi connectivity index (χ1v) is 13.1. The summed E-state index contributed by atoms with van der Waals surface area (Å²) in [5.74, 6) is 0.347. The molecule has 8 heteroatoms. The van der Waals surface area contributed by atoms with Crippen molar-refractivity contribution in [3.05, 3.63) is 58.8 Å². The molecule has 7 nitrogen and oxygen atoms in total. The maximum absolute atomic E-state index is 13.1. The number of likely N-dealkylation sites (tertiary alicyclic amines) is 1. The van der Waals surface area contributed by atoms with E-state index >= 15 is 0 Å². The van der Waals surface area contributed by atoms with Crippen molar-refractivity contribution < 1.29 is 24.2 Å². The molecule has 1 N–H and O–H groups in total. The van der Waals surface area contributed by atoms with Crippen molar-refractivity contribution in [3.63, 3.8) is 0 Å². The highest BCUT2D eigenvalue weighted by molar-refractivity contribution is 7.80. The predicted molar refractivity (Wildman–Crippen MR) is 147 cm³/mol. The van der Waals surface area contributed by atoms with Crippen LogP contribution in [0.25, 0.3) is 10.9 Å². The third-order valence-corrected chi connectivity index (χ3v) is 7.33. The summed E-state index contributed by atoms with van der Waals surface area (Å²) in [7, 11) is 1.65. The summed E-state index contributed by atoms with van der Waals surface area (Å²) in [5, 5.41) is 10.2. The van der Waals surface area contributed by atoms with Gasteiger partial charge in [-0.1, -0.05) is 19.1 Å². The Morgan fingerprint density at radius 1 is 1.16 bits per heavy atom. The molecule has 1 aromatic heterocycles. The van der Waals surface area contributed by atoms with Crippen LogP contribution in [0.5, 0.6) is 5.75 Å². The highest BCUT2D eigenvalue weighted by atomic mass is 32.1. The summed E-state index contributed by atoms with van der Waals surface area (Å²) in [6.07, 6.45) is 1.60. The lowest BCUT2D eigenvalue weighted by Crippen LogP contribution is -2.36. The van der Waals surface area contributed by atoms with E-state index < -0.39 is 17.7 Å². The van der Waals surface area contributed by atoms with Crippen LogP contribution in [0.2, 0.25) is 0 Å². The number of carbonyl (C=O) groups is 2. The molecule has 37 heavy (non-hydrogen) atoms. The predicted octanol–water partition coefficient (Wildman–Crippen LogP) is 6.70. The smallest absolute Gasteiger partial charge is 0.419 e. The molecule has 3 aromatic rings. The number of methoxy groups -OCH3 is 1. The Labute approximate surface area is 223 Å². The number of carboxylic acids is 1. The van der Waals surface area contributed by atoms with Gasteiger partial charge in [0.1, 0.15) is 11.4 Å². The van der Waals surface area contributed by atoms with E-state index in [1.165, 1.54) is 0 Å². The van der Waals surface area contributed by atoms with Gasteiger partial charge in [0.05, 0.1) is 18.2 Å². The second-order valence-corrected chi connectivity index (χ2v) is 11.5. The van der Waals surface area contributed by atoms with Crippen molar-refractivity contribution in [3.8, 4) is 5.75 Å². The van der Waals surface area contributed by atoms with Gasteiger partial charge in [-0.05, 0) is 82.8 Å². The second-order valence-electron chi connectivity index (χ2n) is 11.0. The van der Waals surface area contributed by atoms with Crippen molar-refractivity contribution in [1.29, 1.82) is 0 Å². The summed E-state index contributed by atoms with van der Waals surface area (Å²) in [6.45, 7) is 11.2. The average Bonchev–Trinajstić information content (AvgIpc) is 3.18. The maximum Gasteiger partial charge on any atom is 0.419 e. The molecule has 0 saturated carbocycles. The number of ether oxygens (including phenoxy) is 2. The first-order chi connectivity index (χ1) is 17.4. The van der Waals surface area contributed by atoms with Crippen molar-refractivity contribution in [2.75, 3.05) is 13.7 Å². The van der Waals surface area contributed by atoms with Crippen LogP contribution in [0.4, 0.5) is 4.79 Å². The molecule has 1 fully saturated rings. The normalized spacial score (nSPS) is 18.7. The Balaban J connectivity index is 1.77. The number of hydrogen-bond acceptors (Lipinski definition) is 6. The van der Waals surface area contributed by atoms with Gasteiger partial charge >= 0.3 is 12.1 Å². The summed E-state index contributed by atoms with van der Waals surface area (Å²) >= 11 is 4.72. The van der Waals surface area contributed by atoms with Crippen LogP contribution in [0.3, 0.4) is 0 Å². The topological polar surface area (TPSA) is 81.0 Å². The first-order valence-electron chi connectivity index (χ1n) is 12.6. The maximum atomic E-state index is 13.1. The van der Waals surface area contributed by atoms with E-state index in [9.17, 15) is 14.7 Å². The van der Waals surface area contributed by atoms with Crippen LogP contribution in [0.15, 0.2) is 41.3 Å². The molecule has 0 unspecified atom stereocenters. The standard InChI is InChI=1S/C29H36N2O5S/c1-17-11-12-30(23(13-17)19-7-9-20(10-8-19)27(32)33)16-22-21-14-18(2)31(28(34)36-29(3,4)5)26(21)25(37)15-24(22)35-6/h7-10,14-15,17,23,37H,11-13,16H2,1-6H3,(H,32,33)/t17-,23+/m1/s1. The van der Waals surface area contributed by atoms with E-state index in [1.807, 2.05) is 52.0 Å². The van der Waals surface area contributed by atoms with Crippen LogP contribution in [0, 0.1) is 12.8 Å². The summed E-state index contributed by atoms with van der Waals surface area (Å²) in [4.78, 5) is 27.6. The van der Waals surface area contributed by atoms with Crippen LogP contribution < -0.4 is 4.74 Å². The van der Waals surface area contributed by atoms with E-state index in [1.54, 1.807) is 23.8 Å². The molecule has 198 valence electrons. The lowest BCUT2D eigenvalue weighted by molar-refractivity contribution is 0.0540. The molecule has 1 aliphatic rings. The highest BCUT2D eigenvalue weighted by Crippen LogP contribution is 2.40. The Kier molecular flexibility index (Phi) is 7.62. The minimum atomic E-state index is -0.927. The highest BCUT2D eigenvalue weighted by Gasteiger charge is 2.30. The van der Waals surface area contributed by atoms with Crippen LogP contribution in [0.1, 0.15) is 73.8 Å². The van der Waals surface area contributed by atoms with Gasteiger partial charge in [0.15, 0.2) is 0 Å². The number of benzene rings is 2. The van der Waals surface area contributed by atoms with Gasteiger partial charge in [-0.15, -0.1) is 12.6 Å². The number of fused-ring (bicyclic) bond motifs is 1. The average molecular weight is 525 g/mol. The Morgan fingerprint density at radius 2 is 1.84 bits per heavy atom. The fraction of sp³-hybridized carbons (Fsp3) is 0.448. The number of rotatable bonds is 5. The van der Waals surface area contributed by atoms with Gasteiger partial charge in [0, 0.05) is 34.1 Å². The van der Waals surface area contributed by atoms with Gasteiger partial charge in [0.25, 0.3) is 0 Å². The van der Waals surface area contributed by atoms with Crippen molar-refractivity contribution in [2.24, 2.45) is 5.92 Å². The zero-order chi connectivity index (χ0) is 27.1. The number of hydrogen-bond donors (Lipinski definition) is 2. The molecule has 2 aromatic carbocycles. The largest absolute Gasteiger partial charge is 0.496 e. The molecule has 1 aliphatic heterocycles. The van der Waals surface area contributed by atoms with Gasteiger partial charge in [0.2, 0.25) is 0 Å². The van der Waals surface area contributed by atoms with Crippen molar-refractivity contribution in [1.82, 2.24) is 9.47 Å². The zero-order valence-electron chi connectivity index (χ0n) is 22.4. The summed E-state index contributed by atoms with van der Waals surface area (Å²) < 4.78 is 13.1. The number of aromatic carboxylic acids is 1. The molecule has 0 aliphatic carbocycles. The minimum absolute atomic E-state index is 0.135. The molecular weight excluding hydrogens is 488 g/mol. The molecule has 0 bridgehead atoms. The summed E-state index contributed by atoms with van der Waals surface area (Å²) in [5.41, 5.74) is 3.22. The van der Waals surface area contributed by atoms with Gasteiger partial charge in [-0.2, -0.15) is 0 Å². The molecule has 4 rings (SSSR count). The number of aryl methyl sites for hydroxylation is 1. The van der Waals surface area contributed by atoms with Crippen LogP contribution in [-0.2, 0) is 11.3 Å². The SMILES string of the molecule is COc1cc(S)c2c(cc(C)n2C(=O)OC(C)(C)C)c1CN1CC[C@@H](C)C[C@H]1c1ccc(C(=O)O)cc1. The Hall–Kier alpha value is -2.97. The molecular formula is C29H36N2O5S. The third-order valence-electron chi connectivity index (χ3n) is 6.99. The zero-order valence-corrected chi connectivity index (χ0v) is 23.3. The van der Waals surface area contributed by atoms with E-state index in [0.717, 1.165) is 47.3 Å². The fourth-order valence-electron chi connectivity index (χ4n) is 5.20. The lowest BCUT2D eigenvalue weighted by atomic mass is 9.87. The van der Waals surface area contributed by atoms with Crippen molar-refractivity contribution in [2.45, 2.75) is 70.5 Å². The minimum Gasteiger partial charge on any atom is -0.496 e. The number of thiol groups is 1. The molecule has 1 saturated heterocycles. The Morgan fingerprint density at radius 3 is 2.43 bits per heavy atom. The first kappa shape index (κ1) is 27.1. The molecule has 2 heterocycles. The lowest BCUT2D eigenvalue weighted by Gasteiger charge is -2.39. The number of carboxylic acid groups (broad SMARTS) is 1. The number of piperidine rings is 1. The summed E-state index contributed by atoms with van der Waals surface area (Å²) in [6, 6.07) is 11.2. The Bertz CT molecular complexity index is 1320. The quantitative estimate of drug-likeness (QED) is 0.362. The number of carbonyl (C=O) groups excluding carboxylic acids is 1. The third kappa shape index (κ3) is 5.65.